The number of nitrogens with one attached hydrogen (secondary N) is 1. The molecule has 0 atom stereocenters. The van der Waals surface area contributed by atoms with Crippen LogP contribution in [0.5, 0.6) is 0 Å². The Hall–Kier alpha value is -2.21. The zero-order valence-electron chi connectivity index (χ0n) is 12.9. The smallest absolute Gasteiger partial charge is 0.309 e. The average molecular weight is 330 g/mol. The molecule has 0 saturated heterocycles. The molecule has 2 aromatic rings. The van der Waals surface area contributed by atoms with Gasteiger partial charge in [0.15, 0.2) is 11.7 Å². The van der Waals surface area contributed by atoms with Crippen molar-refractivity contribution in [2.24, 2.45) is 5.92 Å². The van der Waals surface area contributed by atoms with Gasteiger partial charge in [0, 0.05) is 10.9 Å². The minimum atomic E-state index is -0.359. The molecule has 1 N–H and O–H groups in total. The number of hydrogen-bond acceptors (Lipinski definition) is 5. The van der Waals surface area contributed by atoms with Crippen LogP contribution in [0, 0.1) is 12.8 Å². The molecule has 120 valence electrons. The van der Waals surface area contributed by atoms with Crippen molar-refractivity contribution in [2.45, 2.75) is 26.2 Å². The van der Waals surface area contributed by atoms with Crippen LogP contribution in [0.3, 0.4) is 0 Å². The minimum absolute atomic E-state index is 0.0178. The lowest BCUT2D eigenvalue weighted by atomic mass is 9.86. The molecule has 1 aromatic carbocycles. The van der Waals surface area contributed by atoms with Crippen molar-refractivity contribution in [1.82, 2.24) is 4.98 Å². The first-order valence-corrected chi connectivity index (χ1v) is 8.49. The van der Waals surface area contributed by atoms with Gasteiger partial charge in [0.2, 0.25) is 0 Å². The van der Waals surface area contributed by atoms with Gasteiger partial charge in [-0.15, -0.1) is 11.3 Å². The third-order valence-electron chi connectivity index (χ3n) is 3.88. The summed E-state index contributed by atoms with van der Waals surface area (Å²) in [5.74, 6) is -0.649. The molecule has 3 rings (SSSR count). The topological polar surface area (TPSA) is 68.3 Å². The summed E-state index contributed by atoms with van der Waals surface area (Å²) < 4.78 is 5.01. The van der Waals surface area contributed by atoms with E-state index in [-0.39, 0.29) is 24.4 Å². The fourth-order valence-electron chi connectivity index (χ4n) is 2.24. The van der Waals surface area contributed by atoms with E-state index in [0.717, 1.165) is 30.5 Å². The third kappa shape index (κ3) is 3.96. The number of hydrogen-bond donors (Lipinski definition) is 1. The fraction of sp³-hybridized carbons (Fsp3) is 0.353. The second-order valence-electron chi connectivity index (χ2n) is 5.69. The first-order chi connectivity index (χ1) is 11.1. The Balaban J connectivity index is 1.52. The Morgan fingerprint density at radius 2 is 2.04 bits per heavy atom. The molecule has 6 heteroatoms. The van der Waals surface area contributed by atoms with Crippen LogP contribution >= 0.6 is 11.3 Å². The van der Waals surface area contributed by atoms with Gasteiger partial charge in [-0.2, -0.15) is 0 Å². The molecule has 5 nitrogen and oxygen atoms in total. The van der Waals surface area contributed by atoms with Crippen LogP contribution in [0.25, 0.3) is 11.3 Å². The number of esters is 1. The van der Waals surface area contributed by atoms with E-state index < -0.39 is 0 Å². The molecule has 0 radical (unpaired) electrons. The van der Waals surface area contributed by atoms with Crippen LogP contribution in [0.4, 0.5) is 5.13 Å². The number of rotatable bonds is 5. The van der Waals surface area contributed by atoms with Gasteiger partial charge in [0.1, 0.15) is 0 Å². The van der Waals surface area contributed by atoms with Gasteiger partial charge in [-0.3, -0.25) is 14.9 Å². The van der Waals surface area contributed by atoms with Gasteiger partial charge in [0.05, 0.1) is 11.6 Å². The Bertz CT molecular complexity index is 705. The number of benzene rings is 1. The predicted molar refractivity (Wildman–Crippen MR) is 89.2 cm³/mol. The van der Waals surface area contributed by atoms with E-state index in [1.165, 1.54) is 16.9 Å². The highest BCUT2D eigenvalue weighted by molar-refractivity contribution is 7.14. The molecule has 0 spiro atoms. The van der Waals surface area contributed by atoms with Crippen molar-refractivity contribution in [1.29, 1.82) is 0 Å². The van der Waals surface area contributed by atoms with Crippen molar-refractivity contribution in [2.75, 3.05) is 11.9 Å². The number of carbonyl (C=O) groups is 2. The van der Waals surface area contributed by atoms with Crippen molar-refractivity contribution in [3.63, 3.8) is 0 Å². The molecule has 0 bridgehead atoms. The number of amides is 1. The van der Waals surface area contributed by atoms with Gasteiger partial charge in [0.25, 0.3) is 5.91 Å². The number of aryl methyl sites for hydroxylation is 1. The molecular formula is C17H18N2O3S. The number of aromatic nitrogens is 1. The lowest BCUT2D eigenvalue weighted by Gasteiger charge is -2.22. The first kappa shape index (κ1) is 15.7. The third-order valence-corrected chi connectivity index (χ3v) is 4.64. The van der Waals surface area contributed by atoms with Gasteiger partial charge < -0.3 is 4.74 Å². The molecule has 0 aliphatic heterocycles. The van der Waals surface area contributed by atoms with E-state index in [2.05, 4.69) is 10.3 Å². The van der Waals surface area contributed by atoms with E-state index in [4.69, 9.17) is 4.74 Å². The summed E-state index contributed by atoms with van der Waals surface area (Å²) >= 11 is 1.35. The second kappa shape index (κ2) is 6.91. The van der Waals surface area contributed by atoms with Crippen LogP contribution in [0.2, 0.25) is 0 Å². The van der Waals surface area contributed by atoms with Crippen LogP contribution in [0.1, 0.15) is 24.8 Å². The highest BCUT2D eigenvalue weighted by Crippen LogP contribution is 2.27. The summed E-state index contributed by atoms with van der Waals surface area (Å²) in [4.78, 5) is 27.8. The maximum absolute atomic E-state index is 11.8. The Labute approximate surface area is 138 Å². The molecular weight excluding hydrogens is 312 g/mol. The van der Waals surface area contributed by atoms with Gasteiger partial charge in [-0.25, -0.2) is 4.98 Å². The van der Waals surface area contributed by atoms with Gasteiger partial charge >= 0.3 is 5.97 Å². The average Bonchev–Trinajstić information content (AvgIpc) is 2.92. The lowest BCUT2D eigenvalue weighted by molar-refractivity contribution is -0.154. The SMILES string of the molecule is Cc1ccc(-c2csc(NC(=O)COC(=O)C3CCC3)n2)cc1. The Morgan fingerprint density at radius 1 is 1.30 bits per heavy atom. The summed E-state index contributed by atoms with van der Waals surface area (Å²) in [6, 6.07) is 8.03. The number of carbonyl (C=O) groups excluding carboxylic acids is 2. The molecule has 1 aliphatic rings. The molecule has 1 amide bonds. The van der Waals surface area contributed by atoms with Crippen LogP contribution in [0.15, 0.2) is 29.6 Å². The highest BCUT2D eigenvalue weighted by atomic mass is 32.1. The maximum Gasteiger partial charge on any atom is 0.309 e. The van der Waals surface area contributed by atoms with Crippen LogP contribution < -0.4 is 5.32 Å². The van der Waals surface area contributed by atoms with E-state index in [1.54, 1.807) is 0 Å². The van der Waals surface area contributed by atoms with E-state index >= 15 is 0 Å². The summed E-state index contributed by atoms with van der Waals surface area (Å²) in [6.07, 6.45) is 2.80. The lowest BCUT2D eigenvalue weighted by Crippen LogP contribution is -2.28. The Morgan fingerprint density at radius 3 is 2.70 bits per heavy atom. The van der Waals surface area contributed by atoms with Gasteiger partial charge in [-0.1, -0.05) is 36.2 Å². The van der Waals surface area contributed by atoms with Crippen LogP contribution in [-0.4, -0.2) is 23.5 Å². The standard InChI is InChI=1S/C17H18N2O3S/c1-11-5-7-12(8-6-11)14-10-23-17(18-14)19-15(20)9-22-16(21)13-3-2-4-13/h5-8,10,13H,2-4,9H2,1H3,(H,18,19,20). The van der Waals surface area contributed by atoms with Crippen LogP contribution in [-0.2, 0) is 14.3 Å². The molecule has 0 unspecified atom stereocenters. The van der Waals surface area contributed by atoms with E-state index in [1.807, 2.05) is 36.6 Å². The Kier molecular flexibility index (Phi) is 4.71. The first-order valence-electron chi connectivity index (χ1n) is 7.61. The minimum Gasteiger partial charge on any atom is -0.455 e. The van der Waals surface area contributed by atoms with E-state index in [9.17, 15) is 9.59 Å². The molecule has 1 saturated carbocycles. The predicted octanol–water partition coefficient (Wildman–Crippen LogP) is 3.40. The quantitative estimate of drug-likeness (QED) is 0.853. The maximum atomic E-state index is 11.8. The highest BCUT2D eigenvalue weighted by Gasteiger charge is 2.27. The van der Waals surface area contributed by atoms with Crippen molar-refractivity contribution < 1.29 is 14.3 Å². The summed E-state index contributed by atoms with van der Waals surface area (Å²) in [7, 11) is 0. The number of ether oxygens (including phenoxy) is 1. The van der Waals surface area contributed by atoms with Crippen molar-refractivity contribution in [3.8, 4) is 11.3 Å². The number of nitrogens with zero attached hydrogens (tertiary/aromatic N) is 1. The normalized spacial score (nSPS) is 14.1. The molecule has 1 aliphatic carbocycles. The zero-order valence-corrected chi connectivity index (χ0v) is 13.7. The zero-order chi connectivity index (χ0) is 16.2. The number of anilines is 1. The summed E-state index contributed by atoms with van der Waals surface area (Å²) in [6.45, 7) is 1.77. The van der Waals surface area contributed by atoms with Crippen molar-refractivity contribution >= 4 is 28.3 Å². The molecule has 23 heavy (non-hydrogen) atoms. The summed E-state index contributed by atoms with van der Waals surface area (Å²) in [5.41, 5.74) is 3.01. The second-order valence-corrected chi connectivity index (χ2v) is 6.55. The largest absolute Gasteiger partial charge is 0.455 e. The number of thiazole rings is 1. The fourth-order valence-corrected chi connectivity index (χ4v) is 2.98. The van der Waals surface area contributed by atoms with E-state index in [0.29, 0.717) is 5.13 Å². The monoisotopic (exact) mass is 330 g/mol. The molecule has 1 aromatic heterocycles. The summed E-state index contributed by atoms with van der Waals surface area (Å²) in [5, 5.41) is 5.06. The van der Waals surface area contributed by atoms with Crippen molar-refractivity contribution in [3.05, 3.63) is 35.2 Å². The molecule has 1 fully saturated rings. The van der Waals surface area contributed by atoms with Gasteiger partial charge in [-0.05, 0) is 19.8 Å². The molecule has 1 heterocycles.